The Bertz CT molecular complexity index is 920. The Balaban J connectivity index is 2.68. The molecule has 140 valence electrons. The van der Waals surface area contributed by atoms with Crippen LogP contribution in [0.15, 0.2) is 46.9 Å². The first-order valence-electron chi connectivity index (χ1n) is 7.92. The van der Waals surface area contributed by atoms with E-state index < -0.39 is 11.9 Å². The van der Waals surface area contributed by atoms with Gasteiger partial charge in [0.25, 0.3) is 0 Å². The molecule has 2 aromatic carbocycles. The van der Waals surface area contributed by atoms with Crippen LogP contribution in [-0.4, -0.2) is 32.1 Å². The number of anilines is 1. The average Bonchev–Trinajstić information content (AvgIpc) is 2.66. The molecule has 0 unspecified atom stereocenters. The number of methoxy groups -OCH3 is 2. The number of amides is 1. The van der Waals surface area contributed by atoms with Crippen LogP contribution in [0.1, 0.15) is 28.4 Å². The van der Waals surface area contributed by atoms with E-state index in [2.05, 4.69) is 21.2 Å². The highest BCUT2D eigenvalue weighted by Gasteiger charge is 2.21. The SMILES string of the molecule is COC(=O)C(=Cc1ccccc1Br)c1ccc(NC(C)=O)cc1C(=O)OC. The summed E-state index contributed by atoms with van der Waals surface area (Å²) in [6, 6.07) is 11.9. The summed E-state index contributed by atoms with van der Waals surface area (Å²) in [5, 5.41) is 2.60. The number of carbonyl (C=O) groups excluding carboxylic acids is 3. The number of hydrogen-bond acceptors (Lipinski definition) is 5. The van der Waals surface area contributed by atoms with E-state index in [9.17, 15) is 14.4 Å². The van der Waals surface area contributed by atoms with Crippen LogP contribution in [0.25, 0.3) is 11.6 Å². The molecule has 6 nitrogen and oxygen atoms in total. The molecule has 1 N–H and O–H groups in total. The van der Waals surface area contributed by atoms with Crippen LogP contribution >= 0.6 is 15.9 Å². The molecule has 0 saturated carbocycles. The molecule has 0 aromatic heterocycles. The summed E-state index contributed by atoms with van der Waals surface area (Å²) in [7, 11) is 2.51. The van der Waals surface area contributed by atoms with Crippen molar-refractivity contribution in [2.24, 2.45) is 0 Å². The van der Waals surface area contributed by atoms with E-state index in [4.69, 9.17) is 9.47 Å². The number of nitrogens with one attached hydrogen (secondary N) is 1. The zero-order valence-electron chi connectivity index (χ0n) is 15.0. The molecular weight excluding hydrogens is 414 g/mol. The highest BCUT2D eigenvalue weighted by Crippen LogP contribution is 2.29. The molecule has 7 heteroatoms. The number of benzene rings is 2. The zero-order valence-corrected chi connectivity index (χ0v) is 16.6. The van der Waals surface area contributed by atoms with Gasteiger partial charge in [0.1, 0.15) is 0 Å². The van der Waals surface area contributed by atoms with Gasteiger partial charge in [0.05, 0.1) is 25.4 Å². The summed E-state index contributed by atoms with van der Waals surface area (Å²) in [6.45, 7) is 1.36. The lowest BCUT2D eigenvalue weighted by Gasteiger charge is -2.13. The van der Waals surface area contributed by atoms with Gasteiger partial charge in [-0.15, -0.1) is 0 Å². The lowest BCUT2D eigenvalue weighted by molar-refractivity contribution is -0.133. The van der Waals surface area contributed by atoms with Gasteiger partial charge in [0.15, 0.2) is 0 Å². The van der Waals surface area contributed by atoms with E-state index in [0.717, 1.165) is 10.0 Å². The minimum Gasteiger partial charge on any atom is -0.465 e. The Morgan fingerprint density at radius 3 is 2.30 bits per heavy atom. The van der Waals surface area contributed by atoms with E-state index in [0.29, 0.717) is 11.3 Å². The summed E-state index contributed by atoms with van der Waals surface area (Å²) >= 11 is 3.43. The van der Waals surface area contributed by atoms with E-state index in [-0.39, 0.29) is 17.0 Å². The summed E-state index contributed by atoms with van der Waals surface area (Å²) in [5.74, 6) is -1.53. The molecule has 0 aliphatic heterocycles. The maximum Gasteiger partial charge on any atom is 0.338 e. The minimum absolute atomic E-state index is 0.132. The highest BCUT2D eigenvalue weighted by molar-refractivity contribution is 9.10. The van der Waals surface area contributed by atoms with Crippen LogP contribution in [0.4, 0.5) is 5.69 Å². The van der Waals surface area contributed by atoms with Crippen LogP contribution in [0.3, 0.4) is 0 Å². The Labute approximate surface area is 165 Å². The van der Waals surface area contributed by atoms with E-state index in [1.54, 1.807) is 18.2 Å². The van der Waals surface area contributed by atoms with Gasteiger partial charge in [-0.1, -0.05) is 40.2 Å². The number of carbonyl (C=O) groups is 3. The van der Waals surface area contributed by atoms with Crippen molar-refractivity contribution in [3.63, 3.8) is 0 Å². The van der Waals surface area contributed by atoms with Crippen LogP contribution in [0.2, 0.25) is 0 Å². The molecular formula is C20H18BrNO5. The fourth-order valence-electron chi connectivity index (χ4n) is 2.44. The highest BCUT2D eigenvalue weighted by atomic mass is 79.9. The van der Waals surface area contributed by atoms with Crippen LogP contribution in [0, 0.1) is 0 Å². The lowest BCUT2D eigenvalue weighted by Crippen LogP contribution is -2.13. The molecule has 0 radical (unpaired) electrons. The third-order valence-corrected chi connectivity index (χ3v) is 4.37. The Morgan fingerprint density at radius 2 is 1.70 bits per heavy atom. The largest absolute Gasteiger partial charge is 0.465 e. The normalized spacial score (nSPS) is 10.9. The fraction of sp³-hybridized carbons (Fsp3) is 0.150. The monoisotopic (exact) mass is 431 g/mol. The number of halogens is 1. The van der Waals surface area contributed by atoms with Crippen molar-refractivity contribution in [3.05, 3.63) is 63.6 Å². The molecule has 0 atom stereocenters. The summed E-state index contributed by atoms with van der Waals surface area (Å²) in [5.41, 5.74) is 1.79. The molecule has 1 amide bonds. The summed E-state index contributed by atoms with van der Waals surface area (Å²) in [4.78, 5) is 36.0. The second-order valence-electron chi connectivity index (χ2n) is 5.50. The number of hydrogen-bond donors (Lipinski definition) is 1. The first kappa shape index (κ1) is 20.4. The number of ether oxygens (including phenoxy) is 2. The van der Waals surface area contributed by atoms with Gasteiger partial charge in [-0.05, 0) is 29.8 Å². The lowest BCUT2D eigenvalue weighted by atomic mass is 9.96. The zero-order chi connectivity index (χ0) is 20.0. The molecule has 0 fully saturated rings. The van der Waals surface area contributed by atoms with Crippen molar-refractivity contribution in [1.82, 2.24) is 0 Å². The quantitative estimate of drug-likeness (QED) is 0.440. The Hall–Kier alpha value is -2.93. The number of esters is 2. The van der Waals surface area contributed by atoms with Crippen molar-refractivity contribution in [2.75, 3.05) is 19.5 Å². The van der Waals surface area contributed by atoms with Crippen LogP contribution in [0.5, 0.6) is 0 Å². The van der Waals surface area contributed by atoms with Gasteiger partial charge in [0, 0.05) is 22.6 Å². The Kier molecular flexibility index (Phi) is 6.90. The fourth-order valence-corrected chi connectivity index (χ4v) is 2.84. The van der Waals surface area contributed by atoms with Crippen molar-refractivity contribution >= 4 is 51.1 Å². The minimum atomic E-state index is -0.640. The second-order valence-corrected chi connectivity index (χ2v) is 6.36. The predicted octanol–water partition coefficient (Wildman–Crippen LogP) is 3.91. The van der Waals surface area contributed by atoms with E-state index in [1.165, 1.54) is 27.2 Å². The molecule has 27 heavy (non-hydrogen) atoms. The molecule has 2 rings (SSSR count). The van der Waals surface area contributed by atoms with Gasteiger partial charge < -0.3 is 14.8 Å². The third kappa shape index (κ3) is 5.04. The van der Waals surface area contributed by atoms with Gasteiger partial charge in [0.2, 0.25) is 5.91 Å². The van der Waals surface area contributed by atoms with Gasteiger partial charge in [-0.25, -0.2) is 9.59 Å². The van der Waals surface area contributed by atoms with Crippen molar-refractivity contribution < 1.29 is 23.9 Å². The van der Waals surface area contributed by atoms with Crippen LogP contribution < -0.4 is 5.32 Å². The molecule has 0 heterocycles. The molecule has 0 saturated heterocycles. The van der Waals surface area contributed by atoms with Gasteiger partial charge >= 0.3 is 11.9 Å². The topological polar surface area (TPSA) is 81.7 Å². The third-order valence-electron chi connectivity index (χ3n) is 3.65. The Morgan fingerprint density at radius 1 is 1.00 bits per heavy atom. The first-order valence-corrected chi connectivity index (χ1v) is 8.71. The summed E-state index contributed by atoms with van der Waals surface area (Å²) in [6.07, 6.45) is 1.62. The van der Waals surface area contributed by atoms with Crippen molar-refractivity contribution in [2.45, 2.75) is 6.92 Å². The number of rotatable bonds is 5. The van der Waals surface area contributed by atoms with Crippen LogP contribution in [-0.2, 0) is 19.1 Å². The van der Waals surface area contributed by atoms with Gasteiger partial charge in [-0.2, -0.15) is 0 Å². The maximum atomic E-state index is 12.4. The van der Waals surface area contributed by atoms with E-state index >= 15 is 0 Å². The van der Waals surface area contributed by atoms with E-state index in [1.807, 2.05) is 24.3 Å². The average molecular weight is 432 g/mol. The standard InChI is InChI=1S/C20H18BrNO5/c1-12(23)22-14-8-9-15(17(11-14)20(25)27-3)16(19(24)26-2)10-13-6-4-5-7-18(13)21/h4-11H,1-3H3,(H,22,23). The molecule has 0 aliphatic rings. The maximum absolute atomic E-state index is 12.4. The van der Waals surface area contributed by atoms with Crippen molar-refractivity contribution in [3.8, 4) is 0 Å². The summed E-state index contributed by atoms with van der Waals surface area (Å²) < 4.78 is 10.5. The smallest absolute Gasteiger partial charge is 0.338 e. The predicted molar refractivity (Wildman–Crippen MR) is 106 cm³/mol. The molecule has 0 bridgehead atoms. The molecule has 0 aliphatic carbocycles. The second kappa shape index (κ2) is 9.14. The van der Waals surface area contributed by atoms with Gasteiger partial charge in [-0.3, -0.25) is 4.79 Å². The first-order chi connectivity index (χ1) is 12.9. The molecule has 2 aromatic rings. The van der Waals surface area contributed by atoms with Crippen molar-refractivity contribution in [1.29, 1.82) is 0 Å². The molecule has 0 spiro atoms.